The van der Waals surface area contributed by atoms with Gasteiger partial charge in [-0.3, -0.25) is 0 Å². The van der Waals surface area contributed by atoms with E-state index in [1.807, 2.05) is 11.8 Å². The Labute approximate surface area is 298 Å². The van der Waals surface area contributed by atoms with Crippen molar-refractivity contribution in [3.05, 3.63) is 120 Å². The molecule has 50 heavy (non-hydrogen) atoms. The van der Waals surface area contributed by atoms with Crippen LogP contribution in [0.1, 0.15) is 52.7 Å². The topological polar surface area (TPSA) is 21.3 Å². The summed E-state index contributed by atoms with van der Waals surface area (Å²) in [6.45, 7) is 13.9. The molecule has 10 rings (SSSR count). The number of nitrogens with zero attached hydrogens (tertiary/aromatic N) is 2. The van der Waals surface area contributed by atoms with Crippen molar-refractivity contribution in [2.75, 3.05) is 11.2 Å². The first-order valence-corrected chi connectivity index (χ1v) is 18.9. The summed E-state index contributed by atoms with van der Waals surface area (Å²) in [6, 6.07) is 41.1. The highest BCUT2D eigenvalue weighted by Crippen LogP contribution is 2.50. The summed E-state index contributed by atoms with van der Waals surface area (Å²) < 4.78 is 9.64. The summed E-state index contributed by atoms with van der Waals surface area (Å²) >= 11 is 1.81. The van der Waals surface area contributed by atoms with Crippen LogP contribution in [0.2, 0.25) is 0 Å². The maximum Gasteiger partial charge on any atom is 0.333 e. The summed E-state index contributed by atoms with van der Waals surface area (Å²) in [6.07, 6.45) is 2.18. The SMILES string of the molecule is CSc1ccc2c(c1)B1c3c(cc4c(oc5ccccc54)c3N2c2cc(C(C)(C)C)cc(C(C)(C)C)c2)-c2cccc3c4ccccc4n1c23. The van der Waals surface area contributed by atoms with Crippen LogP contribution in [0.3, 0.4) is 0 Å². The normalized spacial score (nSPS) is 13.9. The van der Waals surface area contributed by atoms with E-state index in [2.05, 4.69) is 166 Å². The third-order valence-corrected chi connectivity index (χ3v) is 11.9. The van der Waals surface area contributed by atoms with Crippen molar-refractivity contribution in [1.29, 1.82) is 0 Å². The van der Waals surface area contributed by atoms with Gasteiger partial charge in [-0.05, 0) is 93.2 Å². The van der Waals surface area contributed by atoms with Crippen molar-refractivity contribution in [3.63, 3.8) is 0 Å². The number of thioether (sulfide) groups is 1. The molecule has 0 amide bonds. The van der Waals surface area contributed by atoms with Gasteiger partial charge in [0.2, 0.25) is 0 Å². The number of anilines is 3. The standard InChI is InChI=1S/C45H39BN2OS/c1-44(2,3)26-21-27(45(4,5)6)23-28(22-26)47-38-20-19-29(50-7)24-36(38)46-40-34(25-35-31-14-9-11-18-39(31)49-43(35)42(40)47)33-16-12-15-32-30-13-8-10-17-37(30)48(46)41(32)33/h8-25H,1-7H3. The molecule has 0 bridgehead atoms. The Balaban J connectivity index is 1.43. The molecule has 0 saturated heterocycles. The minimum absolute atomic E-state index is 0.0267. The van der Waals surface area contributed by atoms with Gasteiger partial charge in [-0.15, -0.1) is 11.8 Å². The van der Waals surface area contributed by atoms with Gasteiger partial charge in [0.25, 0.3) is 0 Å². The van der Waals surface area contributed by atoms with Gasteiger partial charge in [0.1, 0.15) is 5.58 Å². The van der Waals surface area contributed by atoms with Crippen LogP contribution in [0.5, 0.6) is 0 Å². The Hall–Kier alpha value is -4.87. The van der Waals surface area contributed by atoms with Gasteiger partial charge in [0.15, 0.2) is 5.58 Å². The first-order valence-electron chi connectivity index (χ1n) is 17.7. The second-order valence-corrected chi connectivity index (χ2v) is 17.1. The molecule has 0 saturated carbocycles. The van der Waals surface area contributed by atoms with E-state index >= 15 is 0 Å². The highest BCUT2D eigenvalue weighted by Gasteiger charge is 2.45. The summed E-state index contributed by atoms with van der Waals surface area (Å²) in [5.74, 6) is 0. The average molecular weight is 667 g/mol. The molecule has 0 aliphatic carbocycles. The summed E-state index contributed by atoms with van der Waals surface area (Å²) in [4.78, 5) is 3.81. The lowest BCUT2D eigenvalue weighted by Gasteiger charge is -2.41. The minimum atomic E-state index is -0.0285. The molecule has 0 atom stereocenters. The van der Waals surface area contributed by atoms with Crippen LogP contribution in [-0.2, 0) is 10.8 Å². The predicted octanol–water partition coefficient (Wildman–Crippen LogP) is 11.4. The molecule has 0 N–H and O–H groups in total. The average Bonchev–Trinajstić information content (AvgIpc) is 3.65. The van der Waals surface area contributed by atoms with Gasteiger partial charge in [0, 0.05) is 54.4 Å². The molecule has 5 heteroatoms. The number of rotatable bonds is 2. The second-order valence-electron chi connectivity index (χ2n) is 16.2. The number of hydrogen-bond acceptors (Lipinski definition) is 3. The van der Waals surface area contributed by atoms with E-state index in [0.29, 0.717) is 0 Å². The number of fused-ring (bicyclic) bond motifs is 11. The Morgan fingerprint density at radius 3 is 2.08 bits per heavy atom. The quantitative estimate of drug-likeness (QED) is 0.135. The van der Waals surface area contributed by atoms with E-state index in [9.17, 15) is 0 Å². The van der Waals surface area contributed by atoms with Crippen LogP contribution < -0.4 is 15.8 Å². The Kier molecular flexibility index (Phi) is 6.06. The van der Waals surface area contributed by atoms with Crippen LogP contribution in [-0.4, -0.2) is 17.6 Å². The van der Waals surface area contributed by atoms with Crippen LogP contribution in [0.25, 0.3) is 54.9 Å². The molecule has 0 spiro atoms. The van der Waals surface area contributed by atoms with Crippen LogP contribution in [0, 0.1) is 0 Å². The fourth-order valence-corrected chi connectivity index (χ4v) is 9.07. The summed E-state index contributed by atoms with van der Waals surface area (Å²) in [7, 11) is 0. The molecule has 0 fully saturated rings. The van der Waals surface area contributed by atoms with Crippen molar-refractivity contribution in [2.45, 2.75) is 57.3 Å². The fraction of sp³-hybridized carbons (Fsp3) is 0.200. The number of hydrogen-bond donors (Lipinski definition) is 0. The molecule has 2 aromatic heterocycles. The third kappa shape index (κ3) is 4.01. The number of benzene rings is 6. The van der Waals surface area contributed by atoms with Gasteiger partial charge in [-0.1, -0.05) is 102 Å². The van der Waals surface area contributed by atoms with Gasteiger partial charge in [-0.2, -0.15) is 0 Å². The fourth-order valence-electron chi connectivity index (χ4n) is 8.62. The number of furan rings is 1. The monoisotopic (exact) mass is 666 g/mol. The zero-order chi connectivity index (χ0) is 34.3. The lowest BCUT2D eigenvalue weighted by atomic mass is 9.45. The van der Waals surface area contributed by atoms with Crippen molar-refractivity contribution >= 4 is 90.3 Å². The molecule has 2 aliphatic rings. The maximum atomic E-state index is 7.00. The van der Waals surface area contributed by atoms with E-state index in [1.54, 1.807) is 0 Å². The van der Waals surface area contributed by atoms with E-state index in [-0.39, 0.29) is 17.7 Å². The van der Waals surface area contributed by atoms with Crippen molar-refractivity contribution < 1.29 is 4.42 Å². The van der Waals surface area contributed by atoms with Crippen LogP contribution in [0.15, 0.2) is 119 Å². The zero-order valence-electron chi connectivity index (χ0n) is 29.7. The molecule has 0 unspecified atom stereocenters. The highest BCUT2D eigenvalue weighted by atomic mass is 32.2. The van der Waals surface area contributed by atoms with E-state index in [0.717, 1.165) is 27.6 Å². The molecular formula is C45H39BN2OS. The Bertz CT molecular complexity index is 2710. The number of para-hydroxylation sites is 3. The molecule has 2 aliphatic heterocycles. The van der Waals surface area contributed by atoms with E-state index < -0.39 is 0 Å². The number of aromatic nitrogens is 1. The van der Waals surface area contributed by atoms with Crippen molar-refractivity contribution in [3.8, 4) is 11.1 Å². The third-order valence-electron chi connectivity index (χ3n) is 11.1. The zero-order valence-corrected chi connectivity index (χ0v) is 30.5. The first-order chi connectivity index (χ1) is 24.0. The summed E-state index contributed by atoms with van der Waals surface area (Å²) in [5.41, 5.74) is 15.8. The minimum Gasteiger partial charge on any atom is -0.454 e. The Morgan fingerprint density at radius 1 is 0.640 bits per heavy atom. The predicted molar refractivity (Wildman–Crippen MR) is 216 cm³/mol. The molecule has 4 heterocycles. The summed E-state index contributed by atoms with van der Waals surface area (Å²) in [5, 5.41) is 4.91. The van der Waals surface area contributed by atoms with Gasteiger partial charge >= 0.3 is 6.85 Å². The van der Waals surface area contributed by atoms with Crippen LogP contribution in [0.4, 0.5) is 17.1 Å². The Morgan fingerprint density at radius 2 is 1.34 bits per heavy atom. The van der Waals surface area contributed by atoms with Crippen molar-refractivity contribution in [2.24, 2.45) is 0 Å². The molecule has 244 valence electrons. The van der Waals surface area contributed by atoms with Gasteiger partial charge in [-0.25, -0.2) is 0 Å². The second kappa shape index (κ2) is 10.1. The molecule has 3 nitrogen and oxygen atoms in total. The highest BCUT2D eigenvalue weighted by molar-refractivity contribution is 7.98. The molecule has 8 aromatic rings. The van der Waals surface area contributed by atoms with Crippen LogP contribution >= 0.6 is 11.8 Å². The van der Waals surface area contributed by atoms with E-state index in [4.69, 9.17) is 4.42 Å². The van der Waals surface area contributed by atoms with Gasteiger partial charge in [0.05, 0.1) is 5.69 Å². The first kappa shape index (κ1) is 30.0. The maximum absolute atomic E-state index is 7.00. The van der Waals surface area contributed by atoms with Gasteiger partial charge < -0.3 is 13.8 Å². The van der Waals surface area contributed by atoms with E-state index in [1.165, 1.54) is 71.3 Å². The molecule has 0 radical (unpaired) electrons. The largest absolute Gasteiger partial charge is 0.454 e. The van der Waals surface area contributed by atoms with Crippen molar-refractivity contribution in [1.82, 2.24) is 4.48 Å². The lowest BCUT2D eigenvalue weighted by molar-refractivity contribution is 0.569. The molecule has 6 aromatic carbocycles. The lowest BCUT2D eigenvalue weighted by Crippen LogP contribution is -2.56. The molecular weight excluding hydrogens is 627 g/mol. The smallest absolute Gasteiger partial charge is 0.333 e.